The molecule has 1 unspecified atom stereocenters. The lowest BCUT2D eigenvalue weighted by Crippen LogP contribution is -2.21. The van der Waals surface area contributed by atoms with Gasteiger partial charge in [0, 0.05) is 13.5 Å². The van der Waals surface area contributed by atoms with E-state index in [2.05, 4.69) is 17.5 Å². The molecule has 0 saturated carbocycles. The summed E-state index contributed by atoms with van der Waals surface area (Å²) in [4.78, 5) is 10.9. The summed E-state index contributed by atoms with van der Waals surface area (Å²) in [5.41, 5.74) is 0. The average molecular weight is 153 g/mol. The van der Waals surface area contributed by atoms with Crippen LogP contribution in [0.1, 0.15) is 25.7 Å². The molecule has 0 aromatic heterocycles. The molecule has 62 valence electrons. The Kier molecular flexibility index (Phi) is 3.14. The third kappa shape index (κ3) is 2.74. The van der Waals surface area contributed by atoms with Gasteiger partial charge in [-0.05, 0) is 25.2 Å². The van der Waals surface area contributed by atoms with Crippen molar-refractivity contribution in [2.45, 2.75) is 25.7 Å². The van der Waals surface area contributed by atoms with Crippen LogP contribution in [-0.2, 0) is 4.79 Å². The van der Waals surface area contributed by atoms with E-state index in [9.17, 15) is 4.79 Å². The Bertz CT molecular complexity index is 163. The van der Waals surface area contributed by atoms with Crippen molar-refractivity contribution in [3.05, 3.63) is 12.2 Å². The minimum atomic E-state index is 0.154. The number of amides is 1. The van der Waals surface area contributed by atoms with Gasteiger partial charge >= 0.3 is 0 Å². The van der Waals surface area contributed by atoms with Gasteiger partial charge in [-0.3, -0.25) is 4.79 Å². The Balaban J connectivity index is 2.30. The summed E-state index contributed by atoms with van der Waals surface area (Å²) in [6.45, 7) is 0. The highest BCUT2D eigenvalue weighted by Crippen LogP contribution is 2.19. The standard InChI is InChI=1S/C9H15NO/c1-10-9(11)7-8-5-3-2-4-6-8/h3,5,8H,2,4,6-7H2,1H3,(H,10,11). The first kappa shape index (κ1) is 8.31. The molecule has 2 heteroatoms. The fourth-order valence-electron chi connectivity index (χ4n) is 1.39. The molecule has 1 aliphatic carbocycles. The summed E-state index contributed by atoms with van der Waals surface area (Å²) < 4.78 is 0. The molecule has 1 aliphatic rings. The van der Waals surface area contributed by atoms with E-state index in [0.29, 0.717) is 12.3 Å². The molecule has 0 aliphatic heterocycles. The molecule has 0 spiro atoms. The maximum absolute atomic E-state index is 10.9. The molecule has 0 saturated heterocycles. The Hall–Kier alpha value is -0.790. The number of rotatable bonds is 2. The van der Waals surface area contributed by atoms with Crippen molar-refractivity contribution in [3.8, 4) is 0 Å². The molecule has 0 fully saturated rings. The van der Waals surface area contributed by atoms with Crippen LogP contribution >= 0.6 is 0 Å². The van der Waals surface area contributed by atoms with Gasteiger partial charge in [-0.25, -0.2) is 0 Å². The summed E-state index contributed by atoms with van der Waals surface area (Å²) in [7, 11) is 1.69. The monoisotopic (exact) mass is 153 g/mol. The van der Waals surface area contributed by atoms with E-state index in [-0.39, 0.29) is 5.91 Å². The minimum Gasteiger partial charge on any atom is -0.359 e. The summed E-state index contributed by atoms with van der Waals surface area (Å²) in [5.74, 6) is 0.644. The zero-order chi connectivity index (χ0) is 8.10. The first-order valence-electron chi connectivity index (χ1n) is 4.20. The van der Waals surface area contributed by atoms with Crippen molar-refractivity contribution in [2.75, 3.05) is 7.05 Å². The smallest absolute Gasteiger partial charge is 0.220 e. The van der Waals surface area contributed by atoms with Gasteiger partial charge in [0.25, 0.3) is 0 Å². The van der Waals surface area contributed by atoms with Crippen LogP contribution in [0, 0.1) is 5.92 Å². The second-order valence-electron chi connectivity index (χ2n) is 3.00. The molecule has 1 rings (SSSR count). The number of hydrogen-bond acceptors (Lipinski definition) is 1. The van der Waals surface area contributed by atoms with Gasteiger partial charge in [-0.1, -0.05) is 12.2 Å². The largest absolute Gasteiger partial charge is 0.359 e. The first-order valence-corrected chi connectivity index (χ1v) is 4.20. The van der Waals surface area contributed by atoms with Gasteiger partial charge in [-0.2, -0.15) is 0 Å². The molecule has 0 bridgehead atoms. The van der Waals surface area contributed by atoms with Gasteiger partial charge in [0.2, 0.25) is 5.91 Å². The topological polar surface area (TPSA) is 29.1 Å². The maximum Gasteiger partial charge on any atom is 0.220 e. The molecule has 11 heavy (non-hydrogen) atoms. The molecule has 1 N–H and O–H groups in total. The Labute approximate surface area is 67.7 Å². The molecule has 1 atom stereocenters. The van der Waals surface area contributed by atoms with E-state index in [0.717, 1.165) is 0 Å². The number of allylic oxidation sites excluding steroid dienone is 2. The second kappa shape index (κ2) is 4.16. The van der Waals surface area contributed by atoms with Gasteiger partial charge in [-0.15, -0.1) is 0 Å². The van der Waals surface area contributed by atoms with Crippen molar-refractivity contribution < 1.29 is 4.79 Å². The van der Waals surface area contributed by atoms with E-state index in [1.165, 1.54) is 19.3 Å². The Morgan fingerprint density at radius 3 is 3.09 bits per heavy atom. The van der Waals surface area contributed by atoms with Crippen LogP contribution in [0.3, 0.4) is 0 Å². The van der Waals surface area contributed by atoms with Gasteiger partial charge in [0.1, 0.15) is 0 Å². The molecule has 0 aromatic rings. The lowest BCUT2D eigenvalue weighted by atomic mass is 9.93. The lowest BCUT2D eigenvalue weighted by Gasteiger charge is -2.14. The average Bonchev–Trinajstić information content (AvgIpc) is 2.06. The highest BCUT2D eigenvalue weighted by Gasteiger charge is 2.11. The molecule has 0 aromatic carbocycles. The van der Waals surface area contributed by atoms with E-state index in [1.807, 2.05) is 0 Å². The van der Waals surface area contributed by atoms with Crippen molar-refractivity contribution in [1.29, 1.82) is 0 Å². The first-order chi connectivity index (χ1) is 5.33. The van der Waals surface area contributed by atoms with Crippen LogP contribution in [0.2, 0.25) is 0 Å². The zero-order valence-electron chi connectivity index (χ0n) is 6.97. The number of hydrogen-bond donors (Lipinski definition) is 1. The van der Waals surface area contributed by atoms with E-state index in [1.54, 1.807) is 7.05 Å². The van der Waals surface area contributed by atoms with E-state index in [4.69, 9.17) is 0 Å². The molecule has 0 heterocycles. The lowest BCUT2D eigenvalue weighted by molar-refractivity contribution is -0.121. The molecular weight excluding hydrogens is 138 g/mol. The van der Waals surface area contributed by atoms with Crippen LogP contribution in [0.4, 0.5) is 0 Å². The summed E-state index contributed by atoms with van der Waals surface area (Å²) in [6.07, 6.45) is 8.59. The highest BCUT2D eigenvalue weighted by molar-refractivity contribution is 5.76. The summed E-state index contributed by atoms with van der Waals surface area (Å²) >= 11 is 0. The summed E-state index contributed by atoms with van der Waals surface area (Å²) in [5, 5.41) is 2.64. The third-order valence-electron chi connectivity index (χ3n) is 2.08. The van der Waals surface area contributed by atoms with Crippen molar-refractivity contribution in [3.63, 3.8) is 0 Å². The summed E-state index contributed by atoms with van der Waals surface area (Å²) in [6, 6.07) is 0. The zero-order valence-corrected chi connectivity index (χ0v) is 6.97. The Morgan fingerprint density at radius 2 is 2.55 bits per heavy atom. The van der Waals surface area contributed by atoms with Crippen LogP contribution in [-0.4, -0.2) is 13.0 Å². The normalized spacial score (nSPS) is 23.2. The molecule has 1 amide bonds. The molecule has 2 nitrogen and oxygen atoms in total. The van der Waals surface area contributed by atoms with Crippen molar-refractivity contribution in [1.82, 2.24) is 5.32 Å². The molecule has 0 radical (unpaired) electrons. The maximum atomic E-state index is 10.9. The predicted octanol–water partition coefficient (Wildman–Crippen LogP) is 1.48. The predicted molar refractivity (Wildman–Crippen MR) is 45.2 cm³/mol. The van der Waals surface area contributed by atoms with Crippen molar-refractivity contribution in [2.24, 2.45) is 5.92 Å². The van der Waals surface area contributed by atoms with E-state index < -0.39 is 0 Å². The number of carbonyl (C=O) groups is 1. The van der Waals surface area contributed by atoms with Crippen molar-refractivity contribution >= 4 is 5.91 Å². The van der Waals surface area contributed by atoms with Gasteiger partial charge in [0.15, 0.2) is 0 Å². The van der Waals surface area contributed by atoms with Gasteiger partial charge in [0.05, 0.1) is 0 Å². The van der Waals surface area contributed by atoms with Gasteiger partial charge < -0.3 is 5.32 Å². The van der Waals surface area contributed by atoms with Crippen LogP contribution in [0.5, 0.6) is 0 Å². The third-order valence-corrected chi connectivity index (χ3v) is 2.08. The van der Waals surface area contributed by atoms with Crippen LogP contribution < -0.4 is 5.32 Å². The SMILES string of the molecule is CNC(=O)CC1C=CCCC1. The van der Waals surface area contributed by atoms with Crippen LogP contribution in [0.25, 0.3) is 0 Å². The Morgan fingerprint density at radius 1 is 1.73 bits per heavy atom. The fraction of sp³-hybridized carbons (Fsp3) is 0.667. The second-order valence-corrected chi connectivity index (χ2v) is 3.00. The minimum absolute atomic E-state index is 0.154. The van der Waals surface area contributed by atoms with E-state index >= 15 is 0 Å². The highest BCUT2D eigenvalue weighted by atomic mass is 16.1. The molecular formula is C9H15NO. The van der Waals surface area contributed by atoms with Crippen LogP contribution in [0.15, 0.2) is 12.2 Å². The number of nitrogens with one attached hydrogen (secondary N) is 1. The quantitative estimate of drug-likeness (QED) is 0.598. The fourth-order valence-corrected chi connectivity index (χ4v) is 1.39. The number of carbonyl (C=O) groups excluding carboxylic acids is 1.